The zero-order chi connectivity index (χ0) is 18.0. The lowest BCUT2D eigenvalue weighted by atomic mass is 10.1. The molecule has 0 aliphatic carbocycles. The van der Waals surface area contributed by atoms with Gasteiger partial charge in [0.1, 0.15) is 5.75 Å². The van der Waals surface area contributed by atoms with Crippen LogP contribution >= 0.6 is 24.0 Å². The standard InChI is InChI=1S/C21H34N4O.HI/c1-2-22-21(23-11-3-4-13-25-14-5-6-15-25)24-12-9-18-7-8-20-19(17-18)10-16-26-20;/h7-8,17H,2-6,9-16H2,1H3,(H2,22,23,24);1H. The van der Waals surface area contributed by atoms with Crippen LogP contribution in [0.5, 0.6) is 5.75 Å². The summed E-state index contributed by atoms with van der Waals surface area (Å²) in [5.41, 5.74) is 2.71. The second-order valence-corrected chi connectivity index (χ2v) is 7.23. The van der Waals surface area contributed by atoms with Crippen molar-refractivity contribution in [2.24, 2.45) is 4.99 Å². The fraction of sp³-hybridized carbons (Fsp3) is 0.667. The maximum absolute atomic E-state index is 5.58. The van der Waals surface area contributed by atoms with Crippen LogP contribution in [0.2, 0.25) is 0 Å². The van der Waals surface area contributed by atoms with Crippen molar-refractivity contribution >= 4 is 29.9 Å². The van der Waals surface area contributed by atoms with Gasteiger partial charge in [-0.2, -0.15) is 0 Å². The van der Waals surface area contributed by atoms with Crippen LogP contribution < -0.4 is 15.4 Å². The molecule has 0 spiro atoms. The summed E-state index contributed by atoms with van der Waals surface area (Å²) in [5, 5.41) is 6.82. The minimum Gasteiger partial charge on any atom is -0.493 e. The minimum atomic E-state index is 0. The van der Waals surface area contributed by atoms with Gasteiger partial charge in [0.15, 0.2) is 5.96 Å². The van der Waals surface area contributed by atoms with E-state index in [0.29, 0.717) is 0 Å². The molecule has 6 heteroatoms. The number of ether oxygens (including phenoxy) is 1. The van der Waals surface area contributed by atoms with E-state index in [1.807, 2.05) is 0 Å². The number of benzene rings is 1. The average molecular weight is 486 g/mol. The van der Waals surface area contributed by atoms with E-state index in [1.54, 1.807) is 0 Å². The topological polar surface area (TPSA) is 48.9 Å². The number of fused-ring (bicyclic) bond motifs is 1. The Morgan fingerprint density at radius 1 is 1.19 bits per heavy atom. The van der Waals surface area contributed by atoms with Gasteiger partial charge in [0, 0.05) is 26.1 Å². The van der Waals surface area contributed by atoms with Gasteiger partial charge in [-0.25, -0.2) is 0 Å². The van der Waals surface area contributed by atoms with E-state index >= 15 is 0 Å². The number of halogens is 1. The largest absolute Gasteiger partial charge is 0.493 e. The molecular weight excluding hydrogens is 451 g/mol. The molecule has 0 atom stereocenters. The third kappa shape index (κ3) is 7.49. The Morgan fingerprint density at radius 2 is 2.04 bits per heavy atom. The smallest absolute Gasteiger partial charge is 0.191 e. The van der Waals surface area contributed by atoms with Gasteiger partial charge < -0.3 is 20.3 Å². The monoisotopic (exact) mass is 486 g/mol. The highest BCUT2D eigenvalue weighted by Gasteiger charge is 2.12. The molecule has 2 heterocycles. The number of aliphatic imine (C=N–C) groups is 1. The fourth-order valence-electron chi connectivity index (χ4n) is 3.71. The van der Waals surface area contributed by atoms with Gasteiger partial charge in [0.05, 0.1) is 6.61 Å². The third-order valence-corrected chi connectivity index (χ3v) is 5.16. The highest BCUT2D eigenvalue weighted by atomic mass is 127. The predicted molar refractivity (Wildman–Crippen MR) is 124 cm³/mol. The van der Waals surface area contributed by atoms with Gasteiger partial charge in [-0.1, -0.05) is 12.1 Å². The maximum atomic E-state index is 5.58. The lowest BCUT2D eigenvalue weighted by Crippen LogP contribution is -2.38. The number of rotatable bonds is 9. The Hall–Kier alpha value is -1.02. The highest BCUT2D eigenvalue weighted by molar-refractivity contribution is 14.0. The molecule has 2 aliphatic rings. The molecule has 5 nitrogen and oxygen atoms in total. The van der Waals surface area contributed by atoms with Crippen LogP contribution in [0, 0.1) is 0 Å². The van der Waals surface area contributed by atoms with Crippen LogP contribution in [0.15, 0.2) is 23.2 Å². The lowest BCUT2D eigenvalue weighted by molar-refractivity contribution is 0.331. The normalized spacial score (nSPS) is 16.6. The first-order valence-corrected chi connectivity index (χ1v) is 10.3. The van der Waals surface area contributed by atoms with E-state index < -0.39 is 0 Å². The van der Waals surface area contributed by atoms with E-state index in [-0.39, 0.29) is 24.0 Å². The first-order chi connectivity index (χ1) is 12.8. The molecule has 0 aromatic heterocycles. The van der Waals surface area contributed by atoms with Crippen molar-refractivity contribution in [3.63, 3.8) is 0 Å². The Balaban J connectivity index is 0.00000261. The fourth-order valence-corrected chi connectivity index (χ4v) is 3.71. The van der Waals surface area contributed by atoms with E-state index in [0.717, 1.165) is 57.2 Å². The van der Waals surface area contributed by atoms with Crippen LogP contribution in [0.1, 0.15) is 43.7 Å². The molecule has 0 radical (unpaired) electrons. The third-order valence-electron chi connectivity index (χ3n) is 5.16. The molecule has 0 unspecified atom stereocenters. The molecule has 2 aliphatic heterocycles. The number of nitrogens with zero attached hydrogens (tertiary/aromatic N) is 2. The Kier molecular flexibility index (Phi) is 10.3. The number of unbranched alkanes of at least 4 members (excludes halogenated alkanes) is 1. The van der Waals surface area contributed by atoms with E-state index in [4.69, 9.17) is 9.73 Å². The van der Waals surface area contributed by atoms with Crippen molar-refractivity contribution in [3.8, 4) is 5.75 Å². The first kappa shape index (κ1) is 22.3. The average Bonchev–Trinajstić information content (AvgIpc) is 3.32. The van der Waals surface area contributed by atoms with Gasteiger partial charge in [-0.15, -0.1) is 24.0 Å². The number of hydrogen-bond acceptors (Lipinski definition) is 3. The van der Waals surface area contributed by atoms with Crippen molar-refractivity contribution in [1.29, 1.82) is 0 Å². The summed E-state index contributed by atoms with van der Waals surface area (Å²) in [6, 6.07) is 6.57. The lowest BCUT2D eigenvalue weighted by Gasteiger charge is -2.14. The summed E-state index contributed by atoms with van der Waals surface area (Å²) in [5.74, 6) is 2.00. The molecular formula is C21H35IN4O. The molecule has 152 valence electrons. The minimum absolute atomic E-state index is 0. The maximum Gasteiger partial charge on any atom is 0.191 e. The number of hydrogen-bond donors (Lipinski definition) is 2. The Bertz CT molecular complexity index is 588. The first-order valence-electron chi connectivity index (χ1n) is 10.3. The Labute approximate surface area is 181 Å². The van der Waals surface area contributed by atoms with Crippen molar-refractivity contribution in [1.82, 2.24) is 15.5 Å². The number of nitrogens with one attached hydrogen (secondary N) is 2. The van der Waals surface area contributed by atoms with Crippen LogP contribution in [0.4, 0.5) is 0 Å². The van der Waals surface area contributed by atoms with Crippen LogP contribution in [-0.2, 0) is 12.8 Å². The molecule has 0 amide bonds. The van der Waals surface area contributed by atoms with Gasteiger partial charge in [-0.3, -0.25) is 4.99 Å². The van der Waals surface area contributed by atoms with E-state index in [9.17, 15) is 0 Å². The molecule has 1 aromatic carbocycles. The van der Waals surface area contributed by atoms with E-state index in [1.165, 1.54) is 50.0 Å². The van der Waals surface area contributed by atoms with Crippen LogP contribution in [-0.4, -0.2) is 56.7 Å². The van der Waals surface area contributed by atoms with Crippen molar-refractivity contribution in [3.05, 3.63) is 29.3 Å². The molecule has 1 fully saturated rings. The second-order valence-electron chi connectivity index (χ2n) is 7.23. The van der Waals surface area contributed by atoms with Crippen LogP contribution in [0.3, 0.4) is 0 Å². The van der Waals surface area contributed by atoms with Gasteiger partial charge >= 0.3 is 0 Å². The van der Waals surface area contributed by atoms with Gasteiger partial charge in [0.2, 0.25) is 0 Å². The summed E-state index contributed by atoms with van der Waals surface area (Å²) in [6.07, 6.45) is 7.22. The molecule has 1 aromatic rings. The molecule has 3 rings (SSSR count). The molecule has 1 saturated heterocycles. The zero-order valence-corrected chi connectivity index (χ0v) is 19.0. The summed E-state index contributed by atoms with van der Waals surface area (Å²) in [6.45, 7) is 9.47. The number of likely N-dealkylation sites (tertiary alicyclic amines) is 1. The molecule has 0 saturated carbocycles. The van der Waals surface area contributed by atoms with Crippen molar-refractivity contribution < 1.29 is 4.74 Å². The van der Waals surface area contributed by atoms with Crippen molar-refractivity contribution in [2.45, 2.75) is 45.4 Å². The summed E-state index contributed by atoms with van der Waals surface area (Å²) < 4.78 is 5.58. The quantitative estimate of drug-likeness (QED) is 0.244. The van der Waals surface area contributed by atoms with Gasteiger partial charge in [-0.05, 0) is 75.9 Å². The highest BCUT2D eigenvalue weighted by Crippen LogP contribution is 2.25. The van der Waals surface area contributed by atoms with Crippen molar-refractivity contribution in [2.75, 3.05) is 45.9 Å². The summed E-state index contributed by atoms with van der Waals surface area (Å²) in [7, 11) is 0. The summed E-state index contributed by atoms with van der Waals surface area (Å²) >= 11 is 0. The Morgan fingerprint density at radius 3 is 2.85 bits per heavy atom. The SMILES string of the molecule is CCNC(=NCCCCN1CCCC1)NCCc1ccc2c(c1)CCO2.I. The zero-order valence-electron chi connectivity index (χ0n) is 16.6. The number of guanidine groups is 1. The van der Waals surface area contributed by atoms with E-state index in [2.05, 4.69) is 40.7 Å². The van der Waals surface area contributed by atoms with Crippen LogP contribution in [0.25, 0.3) is 0 Å². The molecule has 27 heavy (non-hydrogen) atoms. The summed E-state index contributed by atoms with van der Waals surface area (Å²) in [4.78, 5) is 7.30. The van der Waals surface area contributed by atoms with Gasteiger partial charge in [0.25, 0.3) is 0 Å². The second kappa shape index (κ2) is 12.4. The predicted octanol–water partition coefficient (Wildman–Crippen LogP) is 3.21. The molecule has 2 N–H and O–H groups in total. The molecule has 0 bridgehead atoms.